The highest BCUT2D eigenvalue weighted by Crippen LogP contribution is 2.30. The van der Waals surface area contributed by atoms with E-state index in [0.717, 1.165) is 16.8 Å². The van der Waals surface area contributed by atoms with Gasteiger partial charge in [0, 0.05) is 24.3 Å². The number of hydrogen-bond donors (Lipinski definition) is 2. The van der Waals surface area contributed by atoms with Crippen LogP contribution >= 0.6 is 0 Å². The maximum atomic E-state index is 12.1. The van der Waals surface area contributed by atoms with Gasteiger partial charge < -0.3 is 16.0 Å². The molecule has 2 rings (SSSR count). The van der Waals surface area contributed by atoms with Crippen molar-refractivity contribution in [2.75, 3.05) is 18.5 Å². The van der Waals surface area contributed by atoms with Crippen LogP contribution in [0, 0.1) is 0 Å². The van der Waals surface area contributed by atoms with Crippen LogP contribution in [0.15, 0.2) is 18.2 Å². The van der Waals surface area contributed by atoms with E-state index in [1.807, 2.05) is 30.1 Å². The van der Waals surface area contributed by atoms with Gasteiger partial charge >= 0.3 is 0 Å². The maximum absolute atomic E-state index is 12.1. The smallest absolute Gasteiger partial charge is 0.231 e. The van der Waals surface area contributed by atoms with E-state index in [0.29, 0.717) is 19.5 Å². The van der Waals surface area contributed by atoms with Gasteiger partial charge in [-0.2, -0.15) is 0 Å². The second-order valence-corrected chi connectivity index (χ2v) is 5.46. The summed E-state index contributed by atoms with van der Waals surface area (Å²) in [5, 5.41) is 3.23. The van der Waals surface area contributed by atoms with E-state index < -0.39 is 0 Å². The third kappa shape index (κ3) is 2.40. The molecule has 98 valence electrons. The molecular weight excluding hydrogens is 226 g/mol. The minimum atomic E-state index is -0.0934. The number of likely N-dealkylation sites (N-methyl/N-ethyl adjacent to an activating group) is 1. The summed E-state index contributed by atoms with van der Waals surface area (Å²) < 4.78 is 0. The topological polar surface area (TPSA) is 58.4 Å². The molecule has 1 aromatic rings. The molecule has 4 heteroatoms. The first-order valence-corrected chi connectivity index (χ1v) is 6.28. The van der Waals surface area contributed by atoms with Crippen LogP contribution in [0.2, 0.25) is 0 Å². The van der Waals surface area contributed by atoms with E-state index in [-0.39, 0.29) is 11.4 Å². The molecule has 1 heterocycles. The van der Waals surface area contributed by atoms with Crippen molar-refractivity contribution in [1.82, 2.24) is 5.32 Å². The van der Waals surface area contributed by atoms with Crippen molar-refractivity contribution >= 4 is 11.6 Å². The standard InChI is InChI=1S/C14H21N3O/c1-14(2,16-3)9-17-12-5-4-10(8-15)6-11(12)7-13(17)18/h4-6,16H,7-9,15H2,1-3H3. The fraction of sp³-hybridized carbons (Fsp3) is 0.500. The monoisotopic (exact) mass is 247 g/mol. The van der Waals surface area contributed by atoms with Crippen molar-refractivity contribution in [3.63, 3.8) is 0 Å². The number of nitrogens with one attached hydrogen (secondary N) is 1. The second-order valence-electron chi connectivity index (χ2n) is 5.46. The molecule has 0 saturated carbocycles. The molecule has 0 saturated heterocycles. The Morgan fingerprint density at radius 1 is 1.44 bits per heavy atom. The van der Waals surface area contributed by atoms with E-state index in [1.165, 1.54) is 0 Å². The molecule has 0 radical (unpaired) electrons. The number of benzene rings is 1. The average Bonchev–Trinajstić information content (AvgIpc) is 2.64. The van der Waals surface area contributed by atoms with E-state index >= 15 is 0 Å². The van der Waals surface area contributed by atoms with E-state index in [1.54, 1.807) is 0 Å². The number of carbonyl (C=O) groups is 1. The van der Waals surface area contributed by atoms with Gasteiger partial charge in [0.1, 0.15) is 0 Å². The van der Waals surface area contributed by atoms with Crippen LogP contribution < -0.4 is 16.0 Å². The van der Waals surface area contributed by atoms with Crippen molar-refractivity contribution in [2.24, 2.45) is 5.73 Å². The van der Waals surface area contributed by atoms with E-state index in [9.17, 15) is 4.79 Å². The Balaban J connectivity index is 2.28. The highest BCUT2D eigenvalue weighted by molar-refractivity contribution is 6.01. The SMILES string of the molecule is CNC(C)(C)CN1C(=O)Cc2cc(CN)ccc21. The van der Waals surface area contributed by atoms with Crippen molar-refractivity contribution in [2.45, 2.75) is 32.4 Å². The van der Waals surface area contributed by atoms with Gasteiger partial charge in [0.25, 0.3) is 0 Å². The fourth-order valence-electron chi connectivity index (χ4n) is 2.21. The van der Waals surface area contributed by atoms with Crippen molar-refractivity contribution < 1.29 is 4.79 Å². The average molecular weight is 247 g/mol. The molecular formula is C14H21N3O. The van der Waals surface area contributed by atoms with Gasteiger partial charge in [0.15, 0.2) is 0 Å². The molecule has 0 unspecified atom stereocenters. The van der Waals surface area contributed by atoms with Crippen LogP contribution in [0.25, 0.3) is 0 Å². The lowest BCUT2D eigenvalue weighted by Gasteiger charge is -2.30. The van der Waals surface area contributed by atoms with Gasteiger partial charge in [-0.3, -0.25) is 4.79 Å². The Labute approximate surface area is 108 Å². The minimum Gasteiger partial charge on any atom is -0.326 e. The summed E-state index contributed by atoms with van der Waals surface area (Å²) >= 11 is 0. The molecule has 0 bridgehead atoms. The van der Waals surface area contributed by atoms with Gasteiger partial charge in [0.05, 0.1) is 6.42 Å². The van der Waals surface area contributed by atoms with Gasteiger partial charge in [-0.1, -0.05) is 12.1 Å². The zero-order chi connectivity index (χ0) is 13.3. The van der Waals surface area contributed by atoms with Crippen LogP contribution in [0.5, 0.6) is 0 Å². The Bertz CT molecular complexity index is 468. The number of rotatable bonds is 4. The molecule has 0 fully saturated rings. The predicted octanol–water partition coefficient (Wildman–Crippen LogP) is 1.03. The summed E-state index contributed by atoms with van der Waals surface area (Å²) in [6, 6.07) is 6.05. The van der Waals surface area contributed by atoms with Gasteiger partial charge in [-0.25, -0.2) is 0 Å². The first kappa shape index (κ1) is 13.1. The molecule has 0 aliphatic carbocycles. The summed E-state index contributed by atoms with van der Waals surface area (Å²) in [5.41, 5.74) is 8.74. The molecule has 1 aromatic carbocycles. The van der Waals surface area contributed by atoms with E-state index in [2.05, 4.69) is 19.2 Å². The van der Waals surface area contributed by atoms with Crippen LogP contribution in [0.3, 0.4) is 0 Å². The molecule has 0 aromatic heterocycles. The molecule has 1 aliphatic heterocycles. The summed E-state index contributed by atoms with van der Waals surface area (Å²) in [6.07, 6.45) is 0.489. The minimum absolute atomic E-state index is 0.0934. The molecule has 4 nitrogen and oxygen atoms in total. The van der Waals surface area contributed by atoms with Crippen LogP contribution in [0.1, 0.15) is 25.0 Å². The zero-order valence-electron chi connectivity index (χ0n) is 11.3. The first-order valence-electron chi connectivity index (χ1n) is 6.28. The fourth-order valence-corrected chi connectivity index (χ4v) is 2.21. The second kappa shape index (κ2) is 4.71. The summed E-state index contributed by atoms with van der Waals surface area (Å²) in [5.74, 6) is 0.169. The Morgan fingerprint density at radius 2 is 2.17 bits per heavy atom. The lowest BCUT2D eigenvalue weighted by Crippen LogP contribution is -2.48. The number of carbonyl (C=O) groups excluding carboxylic acids is 1. The normalized spacial score (nSPS) is 15.1. The highest BCUT2D eigenvalue weighted by Gasteiger charge is 2.31. The number of nitrogens with two attached hydrogens (primary N) is 1. The number of amides is 1. The van der Waals surface area contributed by atoms with Crippen LogP contribution in [-0.2, 0) is 17.8 Å². The van der Waals surface area contributed by atoms with Crippen LogP contribution in [0.4, 0.5) is 5.69 Å². The Kier molecular flexibility index (Phi) is 3.41. The lowest BCUT2D eigenvalue weighted by atomic mass is 10.0. The highest BCUT2D eigenvalue weighted by atomic mass is 16.2. The molecule has 1 aliphatic rings. The largest absolute Gasteiger partial charge is 0.326 e. The third-order valence-corrected chi connectivity index (χ3v) is 3.54. The number of anilines is 1. The van der Waals surface area contributed by atoms with Crippen molar-refractivity contribution in [3.8, 4) is 0 Å². The molecule has 1 amide bonds. The molecule has 0 spiro atoms. The summed E-state index contributed by atoms with van der Waals surface area (Å²) in [6.45, 7) is 5.37. The van der Waals surface area contributed by atoms with Crippen LogP contribution in [-0.4, -0.2) is 25.0 Å². The summed E-state index contributed by atoms with van der Waals surface area (Å²) in [7, 11) is 1.92. The number of hydrogen-bond acceptors (Lipinski definition) is 3. The molecule has 3 N–H and O–H groups in total. The van der Waals surface area contributed by atoms with Gasteiger partial charge in [-0.05, 0) is 38.1 Å². The lowest BCUT2D eigenvalue weighted by molar-refractivity contribution is -0.117. The number of fused-ring (bicyclic) bond motifs is 1. The van der Waals surface area contributed by atoms with E-state index in [4.69, 9.17) is 5.73 Å². The van der Waals surface area contributed by atoms with Gasteiger partial charge in [0.2, 0.25) is 5.91 Å². The molecule has 0 atom stereocenters. The maximum Gasteiger partial charge on any atom is 0.231 e. The summed E-state index contributed by atoms with van der Waals surface area (Å²) in [4.78, 5) is 14.0. The van der Waals surface area contributed by atoms with Gasteiger partial charge in [-0.15, -0.1) is 0 Å². The third-order valence-electron chi connectivity index (χ3n) is 3.54. The quantitative estimate of drug-likeness (QED) is 0.835. The molecule has 18 heavy (non-hydrogen) atoms. The Morgan fingerprint density at radius 3 is 2.78 bits per heavy atom. The first-order chi connectivity index (χ1) is 8.46. The number of nitrogens with zero attached hydrogens (tertiary/aromatic N) is 1. The van der Waals surface area contributed by atoms with Crippen molar-refractivity contribution in [1.29, 1.82) is 0 Å². The zero-order valence-corrected chi connectivity index (χ0v) is 11.3. The Hall–Kier alpha value is -1.39. The predicted molar refractivity (Wildman–Crippen MR) is 73.5 cm³/mol. The van der Waals surface area contributed by atoms with Crippen molar-refractivity contribution in [3.05, 3.63) is 29.3 Å².